The Labute approximate surface area is 87.8 Å². The van der Waals surface area contributed by atoms with E-state index in [4.69, 9.17) is 0 Å². The van der Waals surface area contributed by atoms with E-state index in [1.54, 1.807) is 12.1 Å². The first-order valence-corrected chi connectivity index (χ1v) is 4.87. The molecular weight excluding hydrogens is 194 g/mol. The van der Waals surface area contributed by atoms with Crippen LogP contribution >= 0.6 is 0 Å². The molecule has 0 unspecified atom stereocenters. The second-order valence-electron chi connectivity index (χ2n) is 3.67. The maximum Gasteiger partial charge on any atom is 0.292 e. The van der Waals surface area contributed by atoms with Gasteiger partial charge in [0.1, 0.15) is 5.69 Å². The Hall–Kier alpha value is -1.62. The number of benzene rings is 1. The number of hydrogen-bond donors (Lipinski definition) is 1. The van der Waals surface area contributed by atoms with Crippen molar-refractivity contribution in [3.05, 3.63) is 34.4 Å². The predicted molar refractivity (Wildman–Crippen MR) is 58.2 cm³/mol. The first-order chi connectivity index (χ1) is 7.20. The number of anilines is 1. The van der Waals surface area contributed by atoms with Crippen molar-refractivity contribution < 1.29 is 4.92 Å². The Kier molecular flexibility index (Phi) is 2.55. The number of hydrogen-bond acceptors (Lipinski definition) is 4. The molecule has 1 fully saturated rings. The normalized spacial score (nSPS) is 15.8. The number of rotatable bonds is 3. The summed E-state index contributed by atoms with van der Waals surface area (Å²) in [5.74, 6) is 0. The number of likely N-dealkylation sites (N-methyl/N-ethyl adjacent to an activating group) is 1. The number of nitro benzene ring substituents is 1. The summed E-state index contributed by atoms with van der Waals surface area (Å²) < 4.78 is 0. The number of para-hydroxylation sites is 2. The topological polar surface area (TPSA) is 58.4 Å². The molecule has 1 heterocycles. The molecule has 1 aromatic rings. The first kappa shape index (κ1) is 9.92. The van der Waals surface area contributed by atoms with E-state index >= 15 is 0 Å². The van der Waals surface area contributed by atoms with E-state index in [0.717, 1.165) is 13.1 Å². The molecule has 0 aliphatic carbocycles. The molecule has 1 aliphatic heterocycles. The average molecular weight is 207 g/mol. The SMILES string of the molecule is CN(c1ccccc1[N+](=O)[O-])C1CNC1. The van der Waals surface area contributed by atoms with E-state index in [-0.39, 0.29) is 10.6 Å². The van der Waals surface area contributed by atoms with Crippen molar-refractivity contribution in [1.82, 2.24) is 5.32 Å². The summed E-state index contributed by atoms with van der Waals surface area (Å²) in [5.41, 5.74) is 0.862. The Morgan fingerprint density at radius 3 is 2.67 bits per heavy atom. The van der Waals surface area contributed by atoms with Crippen molar-refractivity contribution >= 4 is 11.4 Å². The fourth-order valence-corrected chi connectivity index (χ4v) is 1.66. The van der Waals surface area contributed by atoms with Crippen molar-refractivity contribution in [2.24, 2.45) is 0 Å². The van der Waals surface area contributed by atoms with Crippen LogP contribution in [0.2, 0.25) is 0 Å². The summed E-state index contributed by atoms with van der Waals surface area (Å²) in [4.78, 5) is 12.4. The van der Waals surface area contributed by atoms with E-state index < -0.39 is 0 Å². The largest absolute Gasteiger partial charge is 0.364 e. The highest BCUT2D eigenvalue weighted by atomic mass is 16.6. The second kappa shape index (κ2) is 3.86. The van der Waals surface area contributed by atoms with E-state index in [0.29, 0.717) is 11.7 Å². The summed E-state index contributed by atoms with van der Waals surface area (Å²) in [5, 5.41) is 14.0. The molecule has 2 rings (SSSR count). The number of nitrogens with zero attached hydrogens (tertiary/aromatic N) is 2. The van der Waals surface area contributed by atoms with Gasteiger partial charge < -0.3 is 10.2 Å². The minimum atomic E-state index is -0.335. The molecule has 1 aliphatic rings. The van der Waals surface area contributed by atoms with Gasteiger partial charge in [-0.3, -0.25) is 10.1 Å². The minimum Gasteiger partial charge on any atom is -0.364 e. The lowest BCUT2D eigenvalue weighted by Crippen LogP contribution is -2.56. The highest BCUT2D eigenvalue weighted by Gasteiger charge is 2.26. The van der Waals surface area contributed by atoms with Gasteiger partial charge in [0.25, 0.3) is 5.69 Å². The van der Waals surface area contributed by atoms with Crippen LogP contribution in [0.15, 0.2) is 24.3 Å². The molecule has 0 atom stereocenters. The van der Waals surface area contributed by atoms with Crippen LogP contribution in [0, 0.1) is 10.1 Å². The zero-order valence-corrected chi connectivity index (χ0v) is 8.51. The van der Waals surface area contributed by atoms with Gasteiger partial charge in [-0.1, -0.05) is 12.1 Å². The molecule has 0 bridgehead atoms. The van der Waals surface area contributed by atoms with Crippen molar-refractivity contribution in [1.29, 1.82) is 0 Å². The molecule has 0 spiro atoms. The zero-order valence-electron chi connectivity index (χ0n) is 8.51. The van der Waals surface area contributed by atoms with Gasteiger partial charge in [-0.25, -0.2) is 0 Å². The predicted octanol–water partition coefficient (Wildman–Crippen LogP) is 1.00. The molecule has 0 radical (unpaired) electrons. The zero-order chi connectivity index (χ0) is 10.8. The Morgan fingerprint density at radius 1 is 1.47 bits per heavy atom. The molecule has 5 nitrogen and oxygen atoms in total. The molecule has 0 saturated carbocycles. The van der Waals surface area contributed by atoms with Gasteiger partial charge in [0.2, 0.25) is 0 Å². The van der Waals surface area contributed by atoms with E-state index in [1.807, 2.05) is 18.0 Å². The Balaban J connectivity index is 2.29. The van der Waals surface area contributed by atoms with Crippen LogP contribution in [0.1, 0.15) is 0 Å². The lowest BCUT2D eigenvalue weighted by Gasteiger charge is -2.36. The van der Waals surface area contributed by atoms with Gasteiger partial charge in [0.05, 0.1) is 11.0 Å². The standard InChI is InChI=1S/C10H13N3O2/c1-12(8-6-11-7-8)9-4-2-3-5-10(9)13(14)15/h2-5,8,11H,6-7H2,1H3. The summed E-state index contributed by atoms with van der Waals surface area (Å²) in [6.07, 6.45) is 0. The number of nitro groups is 1. The summed E-state index contributed by atoms with van der Waals surface area (Å²) in [6.45, 7) is 1.78. The highest BCUT2D eigenvalue weighted by Crippen LogP contribution is 2.28. The molecule has 0 aromatic heterocycles. The van der Waals surface area contributed by atoms with Crippen molar-refractivity contribution in [3.63, 3.8) is 0 Å². The maximum absolute atomic E-state index is 10.8. The molecule has 5 heteroatoms. The molecule has 1 saturated heterocycles. The lowest BCUT2D eigenvalue weighted by atomic mass is 10.1. The average Bonchev–Trinajstić information content (AvgIpc) is 2.15. The van der Waals surface area contributed by atoms with Gasteiger partial charge in [0.15, 0.2) is 0 Å². The van der Waals surface area contributed by atoms with E-state index in [2.05, 4.69) is 5.32 Å². The fraction of sp³-hybridized carbons (Fsp3) is 0.400. The third kappa shape index (κ3) is 1.78. The van der Waals surface area contributed by atoms with Crippen LogP contribution < -0.4 is 10.2 Å². The molecule has 0 amide bonds. The lowest BCUT2D eigenvalue weighted by molar-refractivity contribution is -0.384. The summed E-state index contributed by atoms with van der Waals surface area (Å²) >= 11 is 0. The molecule has 1 N–H and O–H groups in total. The van der Waals surface area contributed by atoms with Gasteiger partial charge in [-0.05, 0) is 6.07 Å². The molecule has 15 heavy (non-hydrogen) atoms. The first-order valence-electron chi connectivity index (χ1n) is 4.87. The van der Waals surface area contributed by atoms with Gasteiger partial charge >= 0.3 is 0 Å². The van der Waals surface area contributed by atoms with Crippen LogP contribution in [0.4, 0.5) is 11.4 Å². The van der Waals surface area contributed by atoms with Gasteiger partial charge in [0, 0.05) is 26.2 Å². The third-order valence-corrected chi connectivity index (χ3v) is 2.77. The van der Waals surface area contributed by atoms with Crippen LogP contribution in [0.25, 0.3) is 0 Å². The summed E-state index contributed by atoms with van der Waals surface area (Å²) in [6, 6.07) is 7.21. The van der Waals surface area contributed by atoms with E-state index in [1.165, 1.54) is 6.07 Å². The number of nitrogens with one attached hydrogen (secondary N) is 1. The minimum absolute atomic E-state index is 0.173. The quantitative estimate of drug-likeness (QED) is 0.593. The molecular formula is C10H13N3O2. The highest BCUT2D eigenvalue weighted by molar-refractivity contribution is 5.63. The fourth-order valence-electron chi connectivity index (χ4n) is 1.66. The van der Waals surface area contributed by atoms with Crippen molar-refractivity contribution in [3.8, 4) is 0 Å². The van der Waals surface area contributed by atoms with Gasteiger partial charge in [-0.15, -0.1) is 0 Å². The molecule has 1 aromatic carbocycles. The Bertz CT molecular complexity index is 377. The second-order valence-corrected chi connectivity index (χ2v) is 3.67. The van der Waals surface area contributed by atoms with Crippen molar-refractivity contribution in [2.75, 3.05) is 25.0 Å². The maximum atomic E-state index is 10.8. The van der Waals surface area contributed by atoms with Crippen LogP contribution in [0.5, 0.6) is 0 Å². The van der Waals surface area contributed by atoms with Crippen molar-refractivity contribution in [2.45, 2.75) is 6.04 Å². The molecule has 80 valence electrons. The van der Waals surface area contributed by atoms with Crippen LogP contribution in [-0.2, 0) is 0 Å². The third-order valence-electron chi connectivity index (χ3n) is 2.77. The van der Waals surface area contributed by atoms with Crippen LogP contribution in [-0.4, -0.2) is 31.1 Å². The van der Waals surface area contributed by atoms with E-state index in [9.17, 15) is 10.1 Å². The Morgan fingerprint density at radius 2 is 2.13 bits per heavy atom. The van der Waals surface area contributed by atoms with Crippen LogP contribution in [0.3, 0.4) is 0 Å². The summed E-state index contributed by atoms with van der Waals surface area (Å²) in [7, 11) is 1.90. The van der Waals surface area contributed by atoms with Gasteiger partial charge in [-0.2, -0.15) is 0 Å². The smallest absolute Gasteiger partial charge is 0.292 e. The monoisotopic (exact) mass is 207 g/mol.